The molecule has 0 bridgehead atoms. The van der Waals surface area contributed by atoms with Crippen LogP contribution in [0.3, 0.4) is 0 Å². The molecule has 2 rings (SSSR count). The minimum absolute atomic E-state index is 0.267. The average Bonchev–Trinajstić information content (AvgIpc) is 2.37. The SMILES string of the molecule is Cc1cc(C#N)cc(C)c1Oc1nc(Cl)ccc1N. The molecule has 1 aromatic carbocycles. The van der Waals surface area contributed by atoms with E-state index in [1.54, 1.807) is 24.3 Å². The van der Waals surface area contributed by atoms with E-state index in [0.717, 1.165) is 11.1 Å². The van der Waals surface area contributed by atoms with Gasteiger partial charge in [0.05, 0.1) is 17.3 Å². The molecular weight excluding hydrogens is 262 g/mol. The smallest absolute Gasteiger partial charge is 0.244 e. The van der Waals surface area contributed by atoms with Gasteiger partial charge in [-0.2, -0.15) is 10.2 Å². The molecule has 4 nitrogen and oxygen atoms in total. The van der Waals surface area contributed by atoms with Crippen LogP contribution in [0.1, 0.15) is 16.7 Å². The van der Waals surface area contributed by atoms with E-state index in [2.05, 4.69) is 11.1 Å². The average molecular weight is 274 g/mol. The summed E-state index contributed by atoms with van der Waals surface area (Å²) in [6.45, 7) is 3.73. The molecule has 96 valence electrons. The highest BCUT2D eigenvalue weighted by molar-refractivity contribution is 6.29. The first-order valence-electron chi connectivity index (χ1n) is 5.62. The third kappa shape index (κ3) is 2.78. The molecule has 2 N–H and O–H groups in total. The minimum atomic E-state index is 0.267. The van der Waals surface area contributed by atoms with Crippen LogP contribution in [0.15, 0.2) is 24.3 Å². The summed E-state index contributed by atoms with van der Waals surface area (Å²) in [7, 11) is 0. The summed E-state index contributed by atoms with van der Waals surface area (Å²) >= 11 is 5.82. The van der Waals surface area contributed by atoms with Crippen LogP contribution >= 0.6 is 11.6 Å². The number of pyridine rings is 1. The molecule has 0 atom stereocenters. The molecule has 0 fully saturated rings. The molecule has 0 saturated heterocycles. The van der Waals surface area contributed by atoms with Gasteiger partial charge in [0.2, 0.25) is 5.88 Å². The van der Waals surface area contributed by atoms with Crippen molar-refractivity contribution in [3.05, 3.63) is 46.1 Å². The lowest BCUT2D eigenvalue weighted by atomic mass is 10.1. The Kier molecular flexibility index (Phi) is 3.59. The number of nitrogen functional groups attached to an aromatic ring is 1. The number of hydrogen-bond donors (Lipinski definition) is 1. The number of aryl methyl sites for hydroxylation is 2. The highest BCUT2D eigenvalue weighted by Gasteiger charge is 2.11. The van der Waals surface area contributed by atoms with E-state index >= 15 is 0 Å². The maximum Gasteiger partial charge on any atom is 0.244 e. The number of nitriles is 1. The number of nitrogens with two attached hydrogens (primary N) is 1. The third-order valence-electron chi connectivity index (χ3n) is 2.64. The summed E-state index contributed by atoms with van der Waals surface area (Å²) in [5, 5.41) is 9.22. The Bertz CT molecular complexity index is 654. The van der Waals surface area contributed by atoms with Gasteiger partial charge in [-0.25, -0.2) is 0 Å². The first kappa shape index (κ1) is 13.2. The zero-order valence-corrected chi connectivity index (χ0v) is 11.3. The normalized spacial score (nSPS) is 10.0. The Labute approximate surface area is 116 Å². The first-order chi connectivity index (χ1) is 9.01. The molecule has 1 aromatic heterocycles. The number of aromatic nitrogens is 1. The quantitative estimate of drug-likeness (QED) is 0.849. The van der Waals surface area contributed by atoms with Gasteiger partial charge in [-0.05, 0) is 49.2 Å². The monoisotopic (exact) mass is 273 g/mol. The Morgan fingerprint density at radius 1 is 1.26 bits per heavy atom. The van der Waals surface area contributed by atoms with Gasteiger partial charge in [-0.15, -0.1) is 0 Å². The summed E-state index contributed by atoms with van der Waals surface area (Å²) < 4.78 is 5.72. The lowest BCUT2D eigenvalue weighted by Gasteiger charge is -2.12. The second-order valence-electron chi connectivity index (χ2n) is 4.18. The maximum absolute atomic E-state index is 8.91. The van der Waals surface area contributed by atoms with Gasteiger partial charge in [0.15, 0.2) is 0 Å². The summed E-state index contributed by atoms with van der Waals surface area (Å²) in [5.74, 6) is 0.906. The summed E-state index contributed by atoms with van der Waals surface area (Å²) in [6, 6.07) is 8.85. The molecule has 19 heavy (non-hydrogen) atoms. The first-order valence-corrected chi connectivity index (χ1v) is 6.00. The molecule has 2 aromatic rings. The molecule has 1 heterocycles. The van der Waals surface area contributed by atoms with Gasteiger partial charge in [-0.3, -0.25) is 0 Å². The number of benzene rings is 1. The lowest BCUT2D eigenvalue weighted by Crippen LogP contribution is -1.98. The molecule has 0 aliphatic carbocycles. The summed E-state index contributed by atoms with van der Waals surface area (Å²) in [6.07, 6.45) is 0. The molecule has 0 radical (unpaired) electrons. The van der Waals surface area contributed by atoms with Crippen LogP contribution < -0.4 is 10.5 Å². The summed E-state index contributed by atoms with van der Waals surface area (Å²) in [4.78, 5) is 4.05. The van der Waals surface area contributed by atoms with Crippen molar-refractivity contribution < 1.29 is 4.74 Å². The third-order valence-corrected chi connectivity index (χ3v) is 2.85. The lowest BCUT2D eigenvalue weighted by molar-refractivity contribution is 0.458. The predicted molar refractivity (Wildman–Crippen MR) is 74.4 cm³/mol. The van der Waals surface area contributed by atoms with Crippen LogP contribution in [-0.2, 0) is 0 Å². The van der Waals surface area contributed by atoms with E-state index in [-0.39, 0.29) is 5.88 Å². The number of halogens is 1. The largest absolute Gasteiger partial charge is 0.436 e. The fourth-order valence-electron chi connectivity index (χ4n) is 1.78. The molecule has 0 unspecified atom stereocenters. The topological polar surface area (TPSA) is 71.9 Å². The van der Waals surface area contributed by atoms with Crippen LogP contribution in [0.4, 0.5) is 5.69 Å². The van der Waals surface area contributed by atoms with Crippen molar-refractivity contribution in [3.63, 3.8) is 0 Å². The van der Waals surface area contributed by atoms with Crippen molar-refractivity contribution in [2.45, 2.75) is 13.8 Å². The van der Waals surface area contributed by atoms with Crippen molar-refractivity contribution >= 4 is 17.3 Å². The molecule has 0 spiro atoms. The number of anilines is 1. The van der Waals surface area contributed by atoms with Gasteiger partial charge < -0.3 is 10.5 Å². The van der Waals surface area contributed by atoms with Crippen LogP contribution in [0.25, 0.3) is 0 Å². The fourth-order valence-corrected chi connectivity index (χ4v) is 1.92. The van der Waals surface area contributed by atoms with Crippen LogP contribution in [0.5, 0.6) is 11.6 Å². The zero-order valence-electron chi connectivity index (χ0n) is 10.6. The van der Waals surface area contributed by atoms with Crippen LogP contribution in [0.2, 0.25) is 5.15 Å². The standard InChI is InChI=1S/C14H12ClN3O/c1-8-5-10(7-16)6-9(2)13(8)19-14-11(17)3-4-12(15)18-14/h3-6H,17H2,1-2H3. The molecule has 0 amide bonds. The Morgan fingerprint density at radius 2 is 1.89 bits per heavy atom. The highest BCUT2D eigenvalue weighted by Crippen LogP contribution is 2.32. The fraction of sp³-hybridized carbons (Fsp3) is 0.143. The van der Waals surface area contributed by atoms with E-state index in [0.29, 0.717) is 22.2 Å². The van der Waals surface area contributed by atoms with E-state index in [4.69, 9.17) is 27.3 Å². The molecular formula is C14H12ClN3O. The van der Waals surface area contributed by atoms with Gasteiger partial charge in [0.25, 0.3) is 0 Å². The molecule has 0 aliphatic rings. The van der Waals surface area contributed by atoms with Crippen molar-refractivity contribution in [3.8, 4) is 17.7 Å². The van der Waals surface area contributed by atoms with Crippen LogP contribution in [0, 0.1) is 25.2 Å². The van der Waals surface area contributed by atoms with Crippen molar-refractivity contribution in [1.82, 2.24) is 4.98 Å². The van der Waals surface area contributed by atoms with Crippen molar-refractivity contribution in [2.75, 3.05) is 5.73 Å². The Balaban J connectivity index is 2.44. The van der Waals surface area contributed by atoms with E-state index in [1.165, 1.54) is 0 Å². The predicted octanol–water partition coefficient (Wildman–Crippen LogP) is 3.60. The van der Waals surface area contributed by atoms with Gasteiger partial charge in [0.1, 0.15) is 10.9 Å². The zero-order chi connectivity index (χ0) is 14.0. The van der Waals surface area contributed by atoms with E-state index < -0.39 is 0 Å². The van der Waals surface area contributed by atoms with Crippen LogP contribution in [-0.4, -0.2) is 4.98 Å². The second kappa shape index (κ2) is 5.17. The van der Waals surface area contributed by atoms with Gasteiger partial charge in [0, 0.05) is 0 Å². The second-order valence-corrected chi connectivity index (χ2v) is 4.57. The molecule has 0 saturated carbocycles. The van der Waals surface area contributed by atoms with E-state index in [1.807, 2.05) is 13.8 Å². The molecule has 0 aliphatic heterocycles. The molecule has 5 heteroatoms. The number of hydrogen-bond acceptors (Lipinski definition) is 4. The van der Waals surface area contributed by atoms with Gasteiger partial charge in [-0.1, -0.05) is 11.6 Å². The Hall–Kier alpha value is -2.25. The summed E-state index contributed by atoms with van der Waals surface area (Å²) in [5.41, 5.74) is 8.49. The number of rotatable bonds is 2. The maximum atomic E-state index is 8.91. The number of nitrogens with zero attached hydrogens (tertiary/aromatic N) is 2. The minimum Gasteiger partial charge on any atom is -0.436 e. The Morgan fingerprint density at radius 3 is 2.47 bits per heavy atom. The highest BCUT2D eigenvalue weighted by atomic mass is 35.5. The van der Waals surface area contributed by atoms with Crippen molar-refractivity contribution in [1.29, 1.82) is 5.26 Å². The number of ether oxygens (including phenoxy) is 1. The van der Waals surface area contributed by atoms with Crippen molar-refractivity contribution in [2.24, 2.45) is 0 Å². The van der Waals surface area contributed by atoms with Gasteiger partial charge >= 0.3 is 0 Å². The van der Waals surface area contributed by atoms with E-state index in [9.17, 15) is 0 Å².